The highest BCUT2D eigenvalue weighted by atomic mass is 16.1. The second-order valence-electron chi connectivity index (χ2n) is 5.46. The molecule has 1 fully saturated rings. The Morgan fingerprint density at radius 1 is 1.59 bits per heavy atom. The predicted octanol–water partition coefficient (Wildman–Crippen LogP) is 0.960. The van der Waals surface area contributed by atoms with Gasteiger partial charge in [-0.2, -0.15) is 0 Å². The third-order valence-corrected chi connectivity index (χ3v) is 3.56. The molecule has 0 bridgehead atoms. The van der Waals surface area contributed by atoms with Gasteiger partial charge in [-0.05, 0) is 32.4 Å². The van der Waals surface area contributed by atoms with Crippen LogP contribution in [0.1, 0.15) is 39.5 Å². The largest absolute Gasteiger partial charge is 0.353 e. The molecule has 3 unspecified atom stereocenters. The molecule has 1 heterocycles. The molecule has 17 heavy (non-hydrogen) atoms. The van der Waals surface area contributed by atoms with Crippen LogP contribution in [-0.2, 0) is 4.79 Å². The number of carbonyl (C=O) groups excluding carboxylic acids is 1. The first kappa shape index (κ1) is 14.5. The Balaban J connectivity index is 2.30. The first-order valence-corrected chi connectivity index (χ1v) is 6.76. The summed E-state index contributed by atoms with van der Waals surface area (Å²) in [6.07, 6.45) is 3.48. The Labute approximate surface area is 105 Å². The van der Waals surface area contributed by atoms with E-state index in [1.165, 1.54) is 0 Å². The minimum absolute atomic E-state index is 0.0153. The minimum atomic E-state index is 0.0153. The number of nitrogens with two attached hydrogens (primary N) is 1. The second kappa shape index (κ2) is 6.97. The van der Waals surface area contributed by atoms with Crippen LogP contribution in [0, 0.1) is 5.92 Å². The third kappa shape index (κ3) is 5.04. The molecule has 0 radical (unpaired) electrons. The van der Waals surface area contributed by atoms with Crippen molar-refractivity contribution in [2.45, 2.75) is 51.6 Å². The Morgan fingerprint density at radius 3 is 2.88 bits per heavy atom. The van der Waals surface area contributed by atoms with Gasteiger partial charge in [-0.1, -0.05) is 20.3 Å². The fourth-order valence-corrected chi connectivity index (χ4v) is 2.55. The monoisotopic (exact) mass is 241 g/mol. The molecule has 4 heteroatoms. The van der Waals surface area contributed by atoms with Crippen LogP contribution in [0.15, 0.2) is 0 Å². The van der Waals surface area contributed by atoms with Crippen molar-refractivity contribution in [2.75, 3.05) is 20.1 Å². The van der Waals surface area contributed by atoms with E-state index in [0.29, 0.717) is 18.4 Å². The van der Waals surface area contributed by atoms with E-state index in [9.17, 15) is 4.79 Å². The molecule has 1 amide bonds. The van der Waals surface area contributed by atoms with Gasteiger partial charge in [0.1, 0.15) is 0 Å². The first-order chi connectivity index (χ1) is 8.02. The van der Waals surface area contributed by atoms with Gasteiger partial charge in [-0.25, -0.2) is 0 Å². The van der Waals surface area contributed by atoms with Crippen molar-refractivity contribution in [3.05, 3.63) is 0 Å². The molecular formula is C13H27N3O. The summed E-state index contributed by atoms with van der Waals surface area (Å²) in [5, 5.41) is 3.13. The molecular weight excluding hydrogens is 214 g/mol. The lowest BCUT2D eigenvalue weighted by Gasteiger charge is -2.35. The van der Waals surface area contributed by atoms with Gasteiger partial charge < -0.3 is 16.0 Å². The topological polar surface area (TPSA) is 58.4 Å². The number of nitrogens with one attached hydrogen (secondary N) is 1. The van der Waals surface area contributed by atoms with Crippen molar-refractivity contribution >= 4 is 5.91 Å². The lowest BCUT2D eigenvalue weighted by Crippen LogP contribution is -2.49. The van der Waals surface area contributed by atoms with Crippen LogP contribution in [0.3, 0.4) is 0 Å². The minimum Gasteiger partial charge on any atom is -0.353 e. The van der Waals surface area contributed by atoms with E-state index in [1.807, 2.05) is 0 Å². The fraction of sp³-hybridized carbons (Fsp3) is 0.923. The SMILES string of the molecule is CCCC(N)CC(=O)NC1CCN(C)CC1C. The highest BCUT2D eigenvalue weighted by Gasteiger charge is 2.25. The molecule has 1 saturated heterocycles. The average molecular weight is 241 g/mol. The summed E-state index contributed by atoms with van der Waals surface area (Å²) in [5.41, 5.74) is 5.88. The third-order valence-electron chi connectivity index (χ3n) is 3.56. The molecule has 1 aliphatic heterocycles. The summed E-state index contributed by atoms with van der Waals surface area (Å²) >= 11 is 0. The summed E-state index contributed by atoms with van der Waals surface area (Å²) < 4.78 is 0. The quantitative estimate of drug-likeness (QED) is 0.754. The van der Waals surface area contributed by atoms with Crippen LogP contribution in [0.4, 0.5) is 0 Å². The number of hydrogen-bond donors (Lipinski definition) is 2. The van der Waals surface area contributed by atoms with Crippen LogP contribution in [0.2, 0.25) is 0 Å². The molecule has 0 aromatic carbocycles. The summed E-state index contributed by atoms with van der Waals surface area (Å²) in [7, 11) is 2.13. The van der Waals surface area contributed by atoms with Gasteiger partial charge in [-0.15, -0.1) is 0 Å². The second-order valence-corrected chi connectivity index (χ2v) is 5.46. The van der Waals surface area contributed by atoms with E-state index in [1.54, 1.807) is 0 Å². The molecule has 0 spiro atoms. The van der Waals surface area contributed by atoms with E-state index in [0.717, 1.165) is 32.4 Å². The zero-order valence-electron chi connectivity index (χ0n) is 11.4. The van der Waals surface area contributed by atoms with E-state index in [-0.39, 0.29) is 11.9 Å². The predicted molar refractivity (Wildman–Crippen MR) is 70.7 cm³/mol. The number of carbonyl (C=O) groups is 1. The molecule has 0 aliphatic carbocycles. The standard InChI is InChI=1S/C13H27N3O/c1-4-5-11(14)8-13(17)15-12-6-7-16(3)9-10(12)2/h10-12H,4-9,14H2,1-3H3,(H,15,17). The van der Waals surface area contributed by atoms with Crippen molar-refractivity contribution in [3.63, 3.8) is 0 Å². The van der Waals surface area contributed by atoms with Crippen molar-refractivity contribution in [3.8, 4) is 0 Å². The molecule has 1 rings (SSSR count). The first-order valence-electron chi connectivity index (χ1n) is 6.76. The molecule has 0 aromatic heterocycles. The summed E-state index contributed by atoms with van der Waals surface area (Å²) in [4.78, 5) is 14.1. The molecule has 0 aromatic rings. The van der Waals surface area contributed by atoms with Crippen molar-refractivity contribution in [2.24, 2.45) is 11.7 Å². The highest BCUT2D eigenvalue weighted by Crippen LogP contribution is 2.15. The molecule has 100 valence electrons. The number of rotatable bonds is 5. The number of hydrogen-bond acceptors (Lipinski definition) is 3. The van der Waals surface area contributed by atoms with Crippen molar-refractivity contribution in [1.82, 2.24) is 10.2 Å². The average Bonchev–Trinajstić information content (AvgIpc) is 2.22. The van der Waals surface area contributed by atoms with Crippen molar-refractivity contribution < 1.29 is 4.79 Å². The Bertz CT molecular complexity index is 245. The van der Waals surface area contributed by atoms with Gasteiger partial charge in [0.15, 0.2) is 0 Å². The maximum atomic E-state index is 11.8. The number of piperidine rings is 1. The zero-order chi connectivity index (χ0) is 12.8. The molecule has 4 nitrogen and oxygen atoms in total. The maximum absolute atomic E-state index is 11.8. The number of amides is 1. The maximum Gasteiger partial charge on any atom is 0.221 e. The number of nitrogens with zero attached hydrogens (tertiary/aromatic N) is 1. The van der Waals surface area contributed by atoms with Crippen LogP contribution >= 0.6 is 0 Å². The van der Waals surface area contributed by atoms with Gasteiger partial charge in [0.25, 0.3) is 0 Å². The molecule has 3 N–H and O–H groups in total. The Kier molecular flexibility index (Phi) is 5.92. The smallest absolute Gasteiger partial charge is 0.221 e. The van der Waals surface area contributed by atoms with Crippen LogP contribution in [0.5, 0.6) is 0 Å². The van der Waals surface area contributed by atoms with Gasteiger partial charge in [-0.3, -0.25) is 4.79 Å². The molecule has 0 saturated carbocycles. The summed E-state index contributed by atoms with van der Waals surface area (Å²) in [5.74, 6) is 0.646. The van der Waals surface area contributed by atoms with E-state index in [4.69, 9.17) is 5.73 Å². The Hall–Kier alpha value is -0.610. The lowest BCUT2D eigenvalue weighted by molar-refractivity contribution is -0.122. The molecule has 3 atom stereocenters. The zero-order valence-corrected chi connectivity index (χ0v) is 11.4. The van der Waals surface area contributed by atoms with Crippen molar-refractivity contribution in [1.29, 1.82) is 0 Å². The van der Waals surface area contributed by atoms with E-state index >= 15 is 0 Å². The normalized spacial score (nSPS) is 27.8. The van der Waals surface area contributed by atoms with E-state index < -0.39 is 0 Å². The Morgan fingerprint density at radius 2 is 2.29 bits per heavy atom. The van der Waals surface area contributed by atoms with E-state index in [2.05, 4.69) is 31.1 Å². The fourth-order valence-electron chi connectivity index (χ4n) is 2.55. The summed E-state index contributed by atoms with van der Waals surface area (Å²) in [6.45, 7) is 6.42. The van der Waals surface area contributed by atoms with Gasteiger partial charge >= 0.3 is 0 Å². The highest BCUT2D eigenvalue weighted by molar-refractivity contribution is 5.76. The molecule has 1 aliphatic rings. The van der Waals surface area contributed by atoms with Gasteiger partial charge in [0.2, 0.25) is 5.91 Å². The number of likely N-dealkylation sites (tertiary alicyclic amines) is 1. The summed E-state index contributed by atoms with van der Waals surface area (Å²) in [6, 6.07) is 0.342. The van der Waals surface area contributed by atoms with Crippen LogP contribution in [-0.4, -0.2) is 43.0 Å². The van der Waals surface area contributed by atoms with Crippen LogP contribution in [0.25, 0.3) is 0 Å². The van der Waals surface area contributed by atoms with Gasteiger partial charge in [0, 0.05) is 25.0 Å². The van der Waals surface area contributed by atoms with Gasteiger partial charge in [0.05, 0.1) is 0 Å². The lowest BCUT2D eigenvalue weighted by atomic mass is 9.94. The van der Waals surface area contributed by atoms with Crippen LogP contribution < -0.4 is 11.1 Å².